The molecule has 0 aromatic heterocycles. The summed E-state index contributed by atoms with van der Waals surface area (Å²) in [4.78, 5) is 0.356. The molecule has 0 aliphatic carbocycles. The Kier molecular flexibility index (Phi) is 3.15. The van der Waals surface area contributed by atoms with E-state index in [0.29, 0.717) is 4.90 Å². The summed E-state index contributed by atoms with van der Waals surface area (Å²) in [5, 5.41) is 7.89. The molecular formula is C9H8FNOS. The van der Waals surface area contributed by atoms with Crippen molar-refractivity contribution in [1.82, 2.24) is 0 Å². The number of nitriles is 1. The van der Waals surface area contributed by atoms with Crippen LogP contribution in [0.3, 0.4) is 0 Å². The van der Waals surface area contributed by atoms with Crippen LogP contribution < -0.4 is 0 Å². The van der Waals surface area contributed by atoms with Crippen molar-refractivity contribution in [3.05, 3.63) is 30.1 Å². The number of hydrogen-bond donors (Lipinski definition) is 0. The van der Waals surface area contributed by atoms with Crippen LogP contribution in [0.1, 0.15) is 6.92 Å². The lowest BCUT2D eigenvalue weighted by Gasteiger charge is -2.02. The Morgan fingerprint density at radius 2 is 2.31 bits per heavy atom. The molecule has 13 heavy (non-hydrogen) atoms. The van der Waals surface area contributed by atoms with Gasteiger partial charge in [0.25, 0.3) is 0 Å². The Morgan fingerprint density at radius 1 is 1.62 bits per heavy atom. The average molecular weight is 197 g/mol. The molecule has 2 atom stereocenters. The molecule has 4 heteroatoms. The predicted molar refractivity (Wildman–Crippen MR) is 47.9 cm³/mol. The molecule has 0 amide bonds. The summed E-state index contributed by atoms with van der Waals surface area (Å²) < 4.78 is 24.1. The molecule has 0 spiro atoms. The summed E-state index contributed by atoms with van der Waals surface area (Å²) in [5.74, 6) is -0.434. The zero-order chi connectivity index (χ0) is 9.84. The van der Waals surface area contributed by atoms with Gasteiger partial charge in [-0.25, -0.2) is 4.39 Å². The van der Waals surface area contributed by atoms with Crippen LogP contribution >= 0.6 is 0 Å². The van der Waals surface area contributed by atoms with Crippen LogP contribution in [0.2, 0.25) is 0 Å². The molecule has 0 aliphatic heterocycles. The molecule has 68 valence electrons. The maximum atomic E-state index is 12.7. The second kappa shape index (κ2) is 4.15. The normalized spacial score (nSPS) is 14.5. The van der Waals surface area contributed by atoms with E-state index in [2.05, 4.69) is 0 Å². The lowest BCUT2D eigenvalue weighted by Crippen LogP contribution is -2.07. The molecule has 0 heterocycles. The van der Waals surface area contributed by atoms with Crippen molar-refractivity contribution in [1.29, 1.82) is 5.26 Å². The number of halogens is 1. The Balaban J connectivity index is 2.97. The maximum absolute atomic E-state index is 12.7. The first-order valence-corrected chi connectivity index (χ1v) is 4.92. The second-order valence-electron chi connectivity index (χ2n) is 2.53. The Hall–Kier alpha value is -1.21. The van der Waals surface area contributed by atoms with Crippen LogP contribution in [0.5, 0.6) is 0 Å². The third-order valence-corrected chi connectivity index (χ3v) is 3.00. The Bertz CT molecular complexity index is 372. The highest BCUT2D eigenvalue weighted by atomic mass is 32.2. The van der Waals surface area contributed by atoms with Crippen molar-refractivity contribution in [3.63, 3.8) is 0 Å². The van der Waals surface area contributed by atoms with Crippen LogP contribution in [0.4, 0.5) is 4.39 Å². The topological polar surface area (TPSA) is 40.9 Å². The van der Waals surface area contributed by atoms with Crippen LogP contribution in [-0.2, 0) is 10.8 Å². The van der Waals surface area contributed by atoms with Gasteiger partial charge in [0.05, 0.1) is 16.9 Å². The first-order valence-electron chi connectivity index (χ1n) is 3.71. The molecular weight excluding hydrogens is 189 g/mol. The van der Waals surface area contributed by atoms with Gasteiger partial charge in [-0.05, 0) is 25.1 Å². The van der Waals surface area contributed by atoms with E-state index in [1.54, 1.807) is 13.0 Å². The molecule has 0 fully saturated rings. The van der Waals surface area contributed by atoms with E-state index < -0.39 is 21.9 Å². The summed E-state index contributed by atoms with van der Waals surface area (Å²) >= 11 is 0. The van der Waals surface area contributed by atoms with Gasteiger partial charge in [0.2, 0.25) is 0 Å². The van der Waals surface area contributed by atoms with E-state index in [1.807, 2.05) is 6.07 Å². The quantitative estimate of drug-likeness (QED) is 0.725. The van der Waals surface area contributed by atoms with Crippen molar-refractivity contribution >= 4 is 10.8 Å². The largest absolute Gasteiger partial charge is 0.253 e. The highest BCUT2D eigenvalue weighted by molar-refractivity contribution is 7.86. The van der Waals surface area contributed by atoms with Gasteiger partial charge in [-0.2, -0.15) is 5.26 Å². The maximum Gasteiger partial charge on any atom is 0.124 e. The SMILES string of the molecule is CC(C#N)S(=O)c1cccc(F)c1. The third-order valence-electron chi connectivity index (χ3n) is 1.53. The minimum absolute atomic E-state index is 0.356. The van der Waals surface area contributed by atoms with Gasteiger partial charge < -0.3 is 0 Å². The fraction of sp³-hybridized carbons (Fsp3) is 0.222. The van der Waals surface area contributed by atoms with E-state index in [9.17, 15) is 8.60 Å². The molecule has 1 rings (SSSR count). The van der Waals surface area contributed by atoms with E-state index in [0.717, 1.165) is 0 Å². The smallest absolute Gasteiger partial charge is 0.124 e. The lowest BCUT2D eigenvalue weighted by molar-refractivity contribution is 0.622. The van der Waals surface area contributed by atoms with Crippen LogP contribution in [0.25, 0.3) is 0 Å². The van der Waals surface area contributed by atoms with Crippen molar-refractivity contribution in [2.45, 2.75) is 17.1 Å². The fourth-order valence-corrected chi connectivity index (χ4v) is 1.79. The van der Waals surface area contributed by atoms with Gasteiger partial charge >= 0.3 is 0 Å². The molecule has 0 saturated carbocycles. The molecule has 0 radical (unpaired) electrons. The second-order valence-corrected chi connectivity index (χ2v) is 4.30. The van der Waals surface area contributed by atoms with Gasteiger partial charge in [-0.1, -0.05) is 6.07 Å². The summed E-state index contributed by atoms with van der Waals surface area (Å²) in [7, 11) is -1.44. The zero-order valence-electron chi connectivity index (χ0n) is 7.03. The van der Waals surface area contributed by atoms with Gasteiger partial charge in [0, 0.05) is 4.90 Å². The van der Waals surface area contributed by atoms with Gasteiger partial charge in [-0.3, -0.25) is 4.21 Å². The standard InChI is InChI=1S/C9H8FNOS/c1-7(6-11)13(12)9-4-2-3-8(10)5-9/h2-5,7H,1H3. The first-order chi connectivity index (χ1) is 6.15. The average Bonchev–Trinajstić information content (AvgIpc) is 2.15. The molecule has 1 aromatic rings. The summed E-state index contributed by atoms with van der Waals surface area (Å²) in [6.07, 6.45) is 0. The Labute approximate surface area is 78.5 Å². The third kappa shape index (κ3) is 2.36. The fourth-order valence-electron chi connectivity index (χ4n) is 0.844. The van der Waals surface area contributed by atoms with E-state index in [-0.39, 0.29) is 0 Å². The highest BCUT2D eigenvalue weighted by Crippen LogP contribution is 2.11. The predicted octanol–water partition coefficient (Wildman–Crippen LogP) is 1.85. The summed E-state index contributed by atoms with van der Waals surface area (Å²) in [6.45, 7) is 1.54. The molecule has 2 nitrogen and oxygen atoms in total. The highest BCUT2D eigenvalue weighted by Gasteiger charge is 2.12. The number of nitrogens with zero attached hydrogens (tertiary/aromatic N) is 1. The summed E-state index contributed by atoms with van der Waals surface area (Å²) in [6, 6.07) is 7.35. The molecule has 0 N–H and O–H groups in total. The van der Waals surface area contributed by atoms with Crippen LogP contribution in [0.15, 0.2) is 29.2 Å². The van der Waals surface area contributed by atoms with E-state index in [4.69, 9.17) is 5.26 Å². The summed E-state index contributed by atoms with van der Waals surface area (Å²) in [5.41, 5.74) is 0. The van der Waals surface area contributed by atoms with E-state index >= 15 is 0 Å². The minimum Gasteiger partial charge on any atom is -0.253 e. The van der Waals surface area contributed by atoms with Crippen LogP contribution in [0, 0.1) is 17.1 Å². The zero-order valence-corrected chi connectivity index (χ0v) is 7.84. The number of rotatable bonds is 2. The first kappa shape index (κ1) is 9.87. The van der Waals surface area contributed by atoms with Gasteiger partial charge in [0.1, 0.15) is 11.1 Å². The van der Waals surface area contributed by atoms with Gasteiger partial charge in [0.15, 0.2) is 0 Å². The van der Waals surface area contributed by atoms with Crippen molar-refractivity contribution in [2.24, 2.45) is 0 Å². The molecule has 0 aliphatic rings. The van der Waals surface area contributed by atoms with Crippen molar-refractivity contribution in [3.8, 4) is 6.07 Å². The van der Waals surface area contributed by atoms with Crippen LogP contribution in [-0.4, -0.2) is 9.46 Å². The van der Waals surface area contributed by atoms with Crippen molar-refractivity contribution < 1.29 is 8.60 Å². The Morgan fingerprint density at radius 3 is 2.85 bits per heavy atom. The van der Waals surface area contributed by atoms with E-state index in [1.165, 1.54) is 18.2 Å². The van der Waals surface area contributed by atoms with Crippen molar-refractivity contribution in [2.75, 3.05) is 0 Å². The number of benzene rings is 1. The number of hydrogen-bond acceptors (Lipinski definition) is 2. The monoisotopic (exact) mass is 197 g/mol. The molecule has 2 unspecified atom stereocenters. The molecule has 1 aromatic carbocycles. The minimum atomic E-state index is -1.44. The molecule has 0 bridgehead atoms. The lowest BCUT2D eigenvalue weighted by atomic mass is 10.3. The molecule has 0 saturated heterocycles. The van der Waals surface area contributed by atoms with Gasteiger partial charge in [-0.15, -0.1) is 0 Å².